The molecule has 5 heteroatoms. The van der Waals surface area contributed by atoms with Crippen LogP contribution < -0.4 is 10.1 Å². The molecule has 0 saturated heterocycles. The number of carbonyl (C=O) groups excluding carboxylic acids is 1. The Morgan fingerprint density at radius 1 is 1.41 bits per heavy atom. The summed E-state index contributed by atoms with van der Waals surface area (Å²) in [6, 6.07) is 7.74. The normalized spacial score (nSPS) is 19.8. The van der Waals surface area contributed by atoms with Gasteiger partial charge in [0, 0.05) is 18.0 Å². The van der Waals surface area contributed by atoms with Crippen LogP contribution in [0.1, 0.15) is 41.1 Å². The number of nitrogens with one attached hydrogen (secondary N) is 1. The second-order valence-corrected chi connectivity index (χ2v) is 5.66. The Labute approximate surface area is 128 Å². The molecule has 22 heavy (non-hydrogen) atoms. The fourth-order valence-electron chi connectivity index (χ4n) is 2.54. The monoisotopic (exact) mass is 303 g/mol. The molecular weight excluding hydrogens is 285 g/mol. The van der Waals surface area contributed by atoms with Crippen molar-refractivity contribution in [1.29, 1.82) is 0 Å². The van der Waals surface area contributed by atoms with Crippen LogP contribution in [0.2, 0.25) is 0 Å². The zero-order valence-electron chi connectivity index (χ0n) is 12.6. The van der Waals surface area contributed by atoms with Crippen molar-refractivity contribution in [3.63, 3.8) is 0 Å². The van der Waals surface area contributed by atoms with Crippen molar-refractivity contribution in [1.82, 2.24) is 5.32 Å². The minimum atomic E-state index is -0.368. The number of hydrogen-bond acceptors (Lipinski definition) is 3. The van der Waals surface area contributed by atoms with Gasteiger partial charge in [-0.15, -0.1) is 0 Å². The molecule has 0 radical (unpaired) electrons. The van der Waals surface area contributed by atoms with Crippen molar-refractivity contribution in [3.8, 4) is 5.75 Å². The van der Waals surface area contributed by atoms with Crippen molar-refractivity contribution >= 4 is 5.91 Å². The lowest BCUT2D eigenvalue weighted by molar-refractivity contribution is 0.0921. The summed E-state index contributed by atoms with van der Waals surface area (Å²) < 4.78 is 24.0. The zero-order chi connectivity index (χ0) is 15.7. The van der Waals surface area contributed by atoms with E-state index in [-0.39, 0.29) is 24.0 Å². The summed E-state index contributed by atoms with van der Waals surface area (Å²) in [5.74, 6) is 2.06. The molecule has 1 aliphatic carbocycles. The highest BCUT2D eigenvalue weighted by atomic mass is 19.1. The van der Waals surface area contributed by atoms with Crippen LogP contribution in [0.4, 0.5) is 4.39 Å². The van der Waals surface area contributed by atoms with E-state index in [0.29, 0.717) is 23.1 Å². The number of halogens is 1. The highest BCUT2D eigenvalue weighted by Crippen LogP contribution is 2.47. The van der Waals surface area contributed by atoms with Gasteiger partial charge < -0.3 is 14.5 Å². The van der Waals surface area contributed by atoms with Crippen molar-refractivity contribution in [2.75, 3.05) is 7.11 Å². The first-order valence-electron chi connectivity index (χ1n) is 7.29. The third-order valence-corrected chi connectivity index (χ3v) is 4.01. The van der Waals surface area contributed by atoms with Crippen LogP contribution in [0.5, 0.6) is 5.75 Å². The summed E-state index contributed by atoms with van der Waals surface area (Å²) in [7, 11) is 1.51. The van der Waals surface area contributed by atoms with Crippen molar-refractivity contribution < 1.29 is 18.3 Å². The van der Waals surface area contributed by atoms with Gasteiger partial charge in [-0.25, -0.2) is 4.39 Å². The predicted molar refractivity (Wildman–Crippen MR) is 79.4 cm³/mol. The van der Waals surface area contributed by atoms with E-state index < -0.39 is 0 Å². The van der Waals surface area contributed by atoms with E-state index >= 15 is 0 Å². The first-order valence-corrected chi connectivity index (χ1v) is 7.29. The third-order valence-electron chi connectivity index (χ3n) is 4.01. The molecule has 0 bridgehead atoms. The summed E-state index contributed by atoms with van der Waals surface area (Å²) in [5.41, 5.74) is 0.582. The molecule has 1 aromatic heterocycles. The number of benzene rings is 1. The Kier molecular flexibility index (Phi) is 3.88. The molecule has 1 amide bonds. The standard InChI is InChI=1S/C17H18FNO3/c1-10-7-13(10)15-5-6-16(22-15)17(20)19-9-11-8-12(18)3-4-14(11)21-2/h3-6,8,10,13H,7,9H2,1-2H3,(H,19,20)/t10-,13+/m0/s1. The third kappa shape index (κ3) is 2.98. The lowest BCUT2D eigenvalue weighted by Crippen LogP contribution is -2.22. The molecule has 0 spiro atoms. The molecule has 1 saturated carbocycles. The van der Waals surface area contributed by atoms with Gasteiger partial charge in [-0.3, -0.25) is 4.79 Å². The predicted octanol–water partition coefficient (Wildman–Crippen LogP) is 3.48. The maximum Gasteiger partial charge on any atom is 0.287 e. The van der Waals surface area contributed by atoms with Gasteiger partial charge in [-0.1, -0.05) is 6.92 Å². The maximum absolute atomic E-state index is 13.3. The van der Waals surface area contributed by atoms with E-state index in [1.54, 1.807) is 6.07 Å². The van der Waals surface area contributed by atoms with Crippen molar-refractivity contribution in [3.05, 3.63) is 53.2 Å². The average molecular weight is 303 g/mol. The Hall–Kier alpha value is -2.30. The lowest BCUT2D eigenvalue weighted by Gasteiger charge is -2.09. The van der Waals surface area contributed by atoms with E-state index in [1.165, 1.54) is 25.3 Å². The summed E-state index contributed by atoms with van der Waals surface area (Å²) in [6.45, 7) is 2.33. The molecule has 1 N–H and O–H groups in total. The molecule has 0 unspecified atom stereocenters. The summed E-state index contributed by atoms with van der Waals surface area (Å²) >= 11 is 0. The van der Waals surface area contributed by atoms with Gasteiger partial charge in [-0.05, 0) is 42.7 Å². The zero-order valence-corrected chi connectivity index (χ0v) is 12.6. The first-order chi connectivity index (χ1) is 10.6. The van der Waals surface area contributed by atoms with Crippen LogP contribution in [-0.2, 0) is 6.54 Å². The van der Waals surface area contributed by atoms with Gasteiger partial charge in [0.15, 0.2) is 5.76 Å². The van der Waals surface area contributed by atoms with E-state index in [2.05, 4.69) is 12.2 Å². The minimum absolute atomic E-state index is 0.176. The Balaban J connectivity index is 1.65. The van der Waals surface area contributed by atoms with Crippen LogP contribution in [0.3, 0.4) is 0 Å². The van der Waals surface area contributed by atoms with Crippen molar-refractivity contribution in [2.24, 2.45) is 5.92 Å². The largest absolute Gasteiger partial charge is 0.496 e. The molecule has 4 nitrogen and oxygen atoms in total. The molecule has 1 heterocycles. The molecule has 0 aliphatic heterocycles. The molecule has 3 rings (SSSR count). The summed E-state index contributed by atoms with van der Waals surface area (Å²) in [5, 5.41) is 2.72. The molecule has 2 atom stereocenters. The quantitative estimate of drug-likeness (QED) is 0.920. The highest BCUT2D eigenvalue weighted by molar-refractivity contribution is 5.91. The Morgan fingerprint density at radius 2 is 2.18 bits per heavy atom. The smallest absolute Gasteiger partial charge is 0.287 e. The number of methoxy groups -OCH3 is 1. The van der Waals surface area contributed by atoms with Crippen molar-refractivity contribution in [2.45, 2.75) is 25.8 Å². The number of rotatable bonds is 5. The van der Waals surface area contributed by atoms with Crippen LogP contribution in [-0.4, -0.2) is 13.0 Å². The first kappa shape index (κ1) is 14.6. The van der Waals surface area contributed by atoms with Gasteiger partial charge in [0.25, 0.3) is 5.91 Å². The molecular formula is C17H18FNO3. The Morgan fingerprint density at radius 3 is 2.86 bits per heavy atom. The lowest BCUT2D eigenvalue weighted by atomic mass is 10.2. The van der Waals surface area contributed by atoms with Crippen LogP contribution in [0, 0.1) is 11.7 Å². The molecule has 116 valence electrons. The molecule has 1 aliphatic rings. The maximum atomic E-state index is 13.3. The van der Waals surface area contributed by atoms with Crippen LogP contribution in [0.25, 0.3) is 0 Å². The summed E-state index contributed by atoms with van der Waals surface area (Å²) in [6.07, 6.45) is 1.11. The fraction of sp³-hybridized carbons (Fsp3) is 0.353. The second kappa shape index (κ2) is 5.83. The number of hydrogen-bond donors (Lipinski definition) is 1. The van der Waals surface area contributed by atoms with Crippen LogP contribution in [0.15, 0.2) is 34.7 Å². The van der Waals surface area contributed by atoms with Gasteiger partial charge in [0.05, 0.1) is 7.11 Å². The number of amides is 1. The van der Waals surface area contributed by atoms with E-state index in [0.717, 1.165) is 12.2 Å². The fourth-order valence-corrected chi connectivity index (χ4v) is 2.54. The molecule has 2 aromatic rings. The Bertz CT molecular complexity index is 695. The van der Waals surface area contributed by atoms with Crippen LogP contribution >= 0.6 is 0 Å². The van der Waals surface area contributed by atoms with E-state index in [9.17, 15) is 9.18 Å². The number of carbonyl (C=O) groups is 1. The van der Waals surface area contributed by atoms with Gasteiger partial charge in [0.2, 0.25) is 0 Å². The van der Waals surface area contributed by atoms with Gasteiger partial charge >= 0.3 is 0 Å². The van der Waals surface area contributed by atoms with E-state index in [4.69, 9.17) is 9.15 Å². The topological polar surface area (TPSA) is 51.5 Å². The number of furan rings is 1. The van der Waals surface area contributed by atoms with E-state index in [1.807, 2.05) is 6.07 Å². The second-order valence-electron chi connectivity index (χ2n) is 5.66. The van der Waals surface area contributed by atoms with Gasteiger partial charge in [-0.2, -0.15) is 0 Å². The highest BCUT2D eigenvalue weighted by Gasteiger charge is 2.36. The average Bonchev–Trinajstić information content (AvgIpc) is 3.04. The molecule has 1 fully saturated rings. The minimum Gasteiger partial charge on any atom is -0.496 e. The number of ether oxygens (including phenoxy) is 1. The molecule has 1 aromatic carbocycles. The SMILES string of the molecule is COc1ccc(F)cc1CNC(=O)c1ccc([C@@H]2C[C@@H]2C)o1. The van der Waals surface area contributed by atoms with Gasteiger partial charge in [0.1, 0.15) is 17.3 Å². The summed E-state index contributed by atoms with van der Waals surface area (Å²) in [4.78, 5) is 12.1.